The molecule has 4 rings (SSSR count). The molecule has 0 saturated heterocycles. The summed E-state index contributed by atoms with van der Waals surface area (Å²) in [5.41, 5.74) is 5.38. The first kappa shape index (κ1) is 27.4. The average molecular weight is 528 g/mol. The van der Waals surface area contributed by atoms with Crippen LogP contribution in [0.3, 0.4) is 0 Å². The summed E-state index contributed by atoms with van der Waals surface area (Å²) < 4.78 is 6.02. The second kappa shape index (κ2) is 13.3. The molecule has 0 saturated carbocycles. The van der Waals surface area contributed by atoms with Crippen molar-refractivity contribution in [2.45, 2.75) is 32.4 Å². The Morgan fingerprint density at radius 3 is 2.39 bits per heavy atom. The lowest BCUT2D eigenvalue weighted by molar-refractivity contribution is -0.139. The maximum absolute atomic E-state index is 13.2. The maximum atomic E-state index is 13.2. The van der Waals surface area contributed by atoms with Crippen LogP contribution in [0, 0.1) is 6.92 Å². The van der Waals surface area contributed by atoms with Crippen molar-refractivity contribution in [3.63, 3.8) is 0 Å². The number of ether oxygens (including phenoxy) is 1. The maximum Gasteiger partial charge on any atom is 0.326 e. The number of carbonyl (C=O) groups excluding carboxylic acids is 1. The molecule has 38 heavy (non-hydrogen) atoms. The first-order chi connectivity index (χ1) is 18.5. The third kappa shape index (κ3) is 7.03. The van der Waals surface area contributed by atoms with Crippen LogP contribution in [-0.2, 0) is 22.6 Å². The lowest BCUT2D eigenvalue weighted by atomic mass is 9.93. The number of aryl methyl sites for hydroxylation is 1. The van der Waals surface area contributed by atoms with Gasteiger partial charge in [0.05, 0.1) is 13.2 Å². The molecular weight excluding hydrogens is 494 g/mol. The Hall–Kier alpha value is -3.61. The van der Waals surface area contributed by atoms with Crippen LogP contribution in [0.5, 0.6) is 0 Å². The number of aliphatic carboxylic acids is 1. The van der Waals surface area contributed by atoms with E-state index in [9.17, 15) is 14.7 Å². The standard InChI is InChI=1S/C32H33NO4S/c1-22-7-3-6-10-27(22)29-20-24(12-14-28(29)31(34)33-30(32(35)36)16-18-38-2)21-37-17-15-23-11-13-25-8-4-5-9-26(25)19-23/h3-14,19-20,30H,15-18,21H2,1-2H3,(H,33,34)(H,35,36)/t30-/m0/s1. The largest absolute Gasteiger partial charge is 0.480 e. The molecule has 196 valence electrons. The molecule has 0 heterocycles. The molecule has 4 aromatic carbocycles. The van der Waals surface area contributed by atoms with E-state index in [-0.39, 0.29) is 5.91 Å². The first-order valence-electron chi connectivity index (χ1n) is 12.7. The molecule has 0 spiro atoms. The van der Waals surface area contributed by atoms with E-state index in [1.165, 1.54) is 16.3 Å². The van der Waals surface area contributed by atoms with Crippen LogP contribution >= 0.6 is 11.8 Å². The SMILES string of the molecule is CSCC[C@H](NC(=O)c1ccc(COCCc2ccc3ccccc3c2)cc1-c1ccccc1C)C(=O)O. The van der Waals surface area contributed by atoms with E-state index in [4.69, 9.17) is 4.74 Å². The predicted molar refractivity (Wildman–Crippen MR) is 156 cm³/mol. The Labute approximate surface area is 228 Å². The fourth-order valence-electron chi connectivity index (χ4n) is 4.48. The van der Waals surface area contributed by atoms with E-state index in [2.05, 4.69) is 35.6 Å². The van der Waals surface area contributed by atoms with Crippen molar-refractivity contribution in [1.29, 1.82) is 0 Å². The number of nitrogens with one attached hydrogen (secondary N) is 1. The van der Waals surface area contributed by atoms with Crippen molar-refractivity contribution >= 4 is 34.4 Å². The Kier molecular flexibility index (Phi) is 9.57. The van der Waals surface area contributed by atoms with E-state index < -0.39 is 12.0 Å². The predicted octanol–water partition coefficient (Wildman–Crippen LogP) is 6.51. The number of rotatable bonds is 12. The summed E-state index contributed by atoms with van der Waals surface area (Å²) in [6, 6.07) is 27.4. The summed E-state index contributed by atoms with van der Waals surface area (Å²) in [7, 11) is 0. The molecule has 5 nitrogen and oxygen atoms in total. The van der Waals surface area contributed by atoms with Gasteiger partial charge in [0.15, 0.2) is 0 Å². The van der Waals surface area contributed by atoms with Gasteiger partial charge in [-0.15, -0.1) is 0 Å². The summed E-state index contributed by atoms with van der Waals surface area (Å²) in [4.78, 5) is 24.9. The Balaban J connectivity index is 1.49. The van der Waals surface area contributed by atoms with Gasteiger partial charge in [0, 0.05) is 5.56 Å². The van der Waals surface area contributed by atoms with Crippen molar-refractivity contribution < 1.29 is 19.4 Å². The topological polar surface area (TPSA) is 75.6 Å². The summed E-state index contributed by atoms with van der Waals surface area (Å²) in [6.07, 6.45) is 3.09. The van der Waals surface area contributed by atoms with Gasteiger partial charge in [-0.1, -0.05) is 72.8 Å². The van der Waals surface area contributed by atoms with Crippen molar-refractivity contribution in [1.82, 2.24) is 5.32 Å². The van der Waals surface area contributed by atoms with Gasteiger partial charge in [-0.2, -0.15) is 11.8 Å². The van der Waals surface area contributed by atoms with Gasteiger partial charge in [-0.25, -0.2) is 4.79 Å². The number of hydrogen-bond donors (Lipinski definition) is 2. The summed E-state index contributed by atoms with van der Waals surface area (Å²) in [6.45, 7) is 3.00. The Morgan fingerprint density at radius 1 is 0.895 bits per heavy atom. The molecular formula is C32H33NO4S. The molecule has 0 bridgehead atoms. The molecule has 1 atom stereocenters. The van der Waals surface area contributed by atoms with Crippen LogP contribution in [0.25, 0.3) is 21.9 Å². The van der Waals surface area contributed by atoms with Gasteiger partial charge in [-0.3, -0.25) is 4.79 Å². The molecule has 4 aromatic rings. The van der Waals surface area contributed by atoms with Gasteiger partial charge in [-0.05, 0) is 82.5 Å². The number of carboxylic acids is 1. The zero-order chi connectivity index (χ0) is 26.9. The molecule has 2 N–H and O–H groups in total. The Bertz CT molecular complexity index is 1420. The van der Waals surface area contributed by atoms with Crippen molar-refractivity contribution in [2.75, 3.05) is 18.6 Å². The zero-order valence-corrected chi connectivity index (χ0v) is 22.6. The lowest BCUT2D eigenvalue weighted by Gasteiger charge is -2.18. The molecule has 6 heteroatoms. The molecule has 0 unspecified atom stereocenters. The highest BCUT2D eigenvalue weighted by Crippen LogP contribution is 2.29. The number of amides is 1. The lowest BCUT2D eigenvalue weighted by Crippen LogP contribution is -2.41. The number of carboxylic acid groups (broad SMARTS) is 1. The third-order valence-electron chi connectivity index (χ3n) is 6.60. The first-order valence-corrected chi connectivity index (χ1v) is 14.1. The van der Waals surface area contributed by atoms with Gasteiger partial charge >= 0.3 is 5.97 Å². The quantitative estimate of drug-likeness (QED) is 0.205. The van der Waals surface area contributed by atoms with Crippen LogP contribution in [0.2, 0.25) is 0 Å². The van der Waals surface area contributed by atoms with E-state index in [0.717, 1.165) is 28.7 Å². The van der Waals surface area contributed by atoms with Gasteiger partial charge in [0.25, 0.3) is 5.91 Å². The van der Waals surface area contributed by atoms with E-state index in [1.807, 2.05) is 61.7 Å². The highest BCUT2D eigenvalue weighted by molar-refractivity contribution is 7.98. The molecule has 0 aliphatic carbocycles. The minimum atomic E-state index is -1.03. The summed E-state index contributed by atoms with van der Waals surface area (Å²) in [5, 5.41) is 14.7. The van der Waals surface area contributed by atoms with Crippen LogP contribution in [0.1, 0.15) is 33.5 Å². The second-order valence-corrected chi connectivity index (χ2v) is 10.3. The number of fused-ring (bicyclic) bond motifs is 1. The molecule has 0 aliphatic rings. The van der Waals surface area contributed by atoms with Crippen LogP contribution in [0.4, 0.5) is 0 Å². The minimum Gasteiger partial charge on any atom is -0.480 e. The van der Waals surface area contributed by atoms with E-state index >= 15 is 0 Å². The smallest absolute Gasteiger partial charge is 0.326 e. The average Bonchev–Trinajstić information content (AvgIpc) is 2.93. The third-order valence-corrected chi connectivity index (χ3v) is 7.24. The molecule has 0 radical (unpaired) electrons. The second-order valence-electron chi connectivity index (χ2n) is 9.32. The van der Waals surface area contributed by atoms with Gasteiger partial charge < -0.3 is 15.2 Å². The molecule has 1 amide bonds. The molecule has 0 aliphatic heterocycles. The fourth-order valence-corrected chi connectivity index (χ4v) is 4.95. The minimum absolute atomic E-state index is 0.366. The van der Waals surface area contributed by atoms with E-state index in [1.54, 1.807) is 17.8 Å². The zero-order valence-electron chi connectivity index (χ0n) is 21.8. The number of thioether (sulfide) groups is 1. The number of carbonyl (C=O) groups is 2. The van der Waals surface area contributed by atoms with Crippen molar-refractivity contribution in [2.24, 2.45) is 0 Å². The highest BCUT2D eigenvalue weighted by Gasteiger charge is 2.22. The Morgan fingerprint density at radius 2 is 1.63 bits per heavy atom. The van der Waals surface area contributed by atoms with Gasteiger partial charge in [0.2, 0.25) is 0 Å². The number of hydrogen-bond acceptors (Lipinski definition) is 4. The molecule has 0 aromatic heterocycles. The number of benzene rings is 4. The molecule has 0 fully saturated rings. The van der Waals surface area contributed by atoms with Gasteiger partial charge in [0.1, 0.15) is 6.04 Å². The van der Waals surface area contributed by atoms with Crippen LogP contribution < -0.4 is 5.32 Å². The van der Waals surface area contributed by atoms with Crippen LogP contribution in [-0.4, -0.2) is 41.6 Å². The normalized spacial score (nSPS) is 11.8. The highest BCUT2D eigenvalue weighted by atomic mass is 32.2. The summed E-state index contributed by atoms with van der Waals surface area (Å²) in [5.74, 6) is -0.765. The fraction of sp³-hybridized carbons (Fsp3) is 0.250. The van der Waals surface area contributed by atoms with Crippen molar-refractivity contribution in [3.05, 3.63) is 107 Å². The van der Waals surface area contributed by atoms with Crippen LogP contribution in [0.15, 0.2) is 84.9 Å². The van der Waals surface area contributed by atoms with Crippen molar-refractivity contribution in [3.8, 4) is 11.1 Å². The summed E-state index contributed by atoms with van der Waals surface area (Å²) >= 11 is 1.55. The van der Waals surface area contributed by atoms with E-state index in [0.29, 0.717) is 31.0 Å². The monoisotopic (exact) mass is 527 g/mol.